The number of amides is 1. The van der Waals surface area contributed by atoms with Crippen LogP contribution in [0.5, 0.6) is 0 Å². The summed E-state index contributed by atoms with van der Waals surface area (Å²) in [4.78, 5) is 14.9. The van der Waals surface area contributed by atoms with E-state index in [9.17, 15) is 4.79 Å². The van der Waals surface area contributed by atoms with Crippen LogP contribution in [-0.2, 0) is 11.3 Å². The van der Waals surface area contributed by atoms with Crippen molar-refractivity contribution in [3.8, 4) is 0 Å². The summed E-state index contributed by atoms with van der Waals surface area (Å²) in [5, 5.41) is 0. The van der Waals surface area contributed by atoms with E-state index in [-0.39, 0.29) is 17.6 Å². The third-order valence-corrected chi connectivity index (χ3v) is 4.43. The van der Waals surface area contributed by atoms with Gasteiger partial charge in [0.15, 0.2) is 5.58 Å². The smallest absolute Gasteiger partial charge is 0.271 e. The Hall–Kier alpha value is -1.75. The zero-order valence-electron chi connectivity index (χ0n) is 14.7. The quantitative estimate of drug-likeness (QED) is 0.792. The second-order valence-electron chi connectivity index (χ2n) is 7.26. The minimum absolute atomic E-state index is 0.0786. The van der Waals surface area contributed by atoms with Crippen molar-refractivity contribution in [3.63, 3.8) is 0 Å². The normalized spacial score (nSPS) is 17.3. The molecule has 1 aliphatic heterocycles. The van der Waals surface area contributed by atoms with E-state index in [0.29, 0.717) is 13.2 Å². The first-order valence-electron chi connectivity index (χ1n) is 8.33. The zero-order valence-corrected chi connectivity index (χ0v) is 14.7. The monoisotopic (exact) mass is 318 g/mol. The highest BCUT2D eigenvalue weighted by Crippen LogP contribution is 2.33. The molecule has 5 nitrogen and oxygen atoms in total. The molecule has 0 unspecified atom stereocenters. The predicted molar refractivity (Wildman–Crippen MR) is 89.8 cm³/mol. The first-order valence-corrected chi connectivity index (χ1v) is 8.33. The Bertz CT molecular complexity index is 724. The highest BCUT2D eigenvalue weighted by atomic mass is 16.5. The van der Waals surface area contributed by atoms with E-state index >= 15 is 0 Å². The number of fused-ring (bicyclic) bond motifs is 3. The molecule has 5 heteroatoms. The number of aryl methyl sites for hydroxylation is 1. The summed E-state index contributed by atoms with van der Waals surface area (Å²) in [5.41, 5.74) is 2.31. The number of hydrogen-bond donors (Lipinski definition) is 0. The second-order valence-corrected chi connectivity index (χ2v) is 7.26. The maximum Gasteiger partial charge on any atom is 0.271 e. The van der Waals surface area contributed by atoms with Crippen LogP contribution in [0.2, 0.25) is 0 Å². The highest BCUT2D eigenvalue weighted by Gasteiger charge is 2.39. The van der Waals surface area contributed by atoms with Crippen molar-refractivity contribution in [2.45, 2.75) is 59.2 Å². The third kappa shape index (κ3) is 2.90. The van der Waals surface area contributed by atoms with Crippen LogP contribution in [0.1, 0.15) is 50.4 Å². The van der Waals surface area contributed by atoms with Crippen LogP contribution in [0.4, 0.5) is 0 Å². The lowest BCUT2D eigenvalue weighted by molar-refractivity contribution is 0.0324. The van der Waals surface area contributed by atoms with Gasteiger partial charge in [-0.3, -0.25) is 4.79 Å². The van der Waals surface area contributed by atoms with Crippen molar-refractivity contribution in [1.29, 1.82) is 0 Å². The van der Waals surface area contributed by atoms with Gasteiger partial charge in [-0.25, -0.2) is 0 Å². The second kappa shape index (κ2) is 5.71. The van der Waals surface area contributed by atoms with E-state index in [1.807, 2.05) is 37.8 Å². The van der Waals surface area contributed by atoms with E-state index in [1.165, 1.54) is 0 Å². The number of nitrogens with zero attached hydrogens (tertiary/aromatic N) is 2. The van der Waals surface area contributed by atoms with Crippen LogP contribution < -0.4 is 0 Å². The van der Waals surface area contributed by atoms with Gasteiger partial charge in [0.1, 0.15) is 11.5 Å². The zero-order chi connectivity index (χ0) is 16.8. The Labute approximate surface area is 137 Å². The standard InChI is InChI=1S/C18H26N2O3/c1-12(2)22-8-6-7-20-17(21)15-10-16-14(9-13(3)23-16)19(15)11-18(20,4)5/h9-10,12H,6-8,11H2,1-5H3. The van der Waals surface area contributed by atoms with Gasteiger partial charge >= 0.3 is 0 Å². The van der Waals surface area contributed by atoms with Crippen molar-refractivity contribution < 1.29 is 13.9 Å². The Kier molecular flexibility index (Phi) is 4.00. The van der Waals surface area contributed by atoms with Crippen molar-refractivity contribution in [2.24, 2.45) is 0 Å². The van der Waals surface area contributed by atoms with Gasteiger partial charge in [-0.05, 0) is 41.0 Å². The molecule has 0 radical (unpaired) electrons. The Morgan fingerprint density at radius 3 is 2.78 bits per heavy atom. The lowest BCUT2D eigenvalue weighted by Gasteiger charge is -2.43. The van der Waals surface area contributed by atoms with Crippen LogP contribution in [0.3, 0.4) is 0 Å². The minimum Gasteiger partial charge on any atom is -0.460 e. The molecule has 0 aromatic carbocycles. The largest absolute Gasteiger partial charge is 0.460 e. The Balaban J connectivity index is 1.83. The molecule has 0 atom stereocenters. The van der Waals surface area contributed by atoms with Crippen LogP contribution in [0.15, 0.2) is 16.5 Å². The van der Waals surface area contributed by atoms with Gasteiger partial charge in [0.25, 0.3) is 5.91 Å². The number of ether oxygens (including phenoxy) is 1. The molecule has 0 N–H and O–H groups in total. The number of aromatic nitrogens is 1. The van der Waals surface area contributed by atoms with E-state index < -0.39 is 0 Å². The molecule has 23 heavy (non-hydrogen) atoms. The number of rotatable bonds is 5. The Morgan fingerprint density at radius 1 is 1.35 bits per heavy atom. The van der Waals surface area contributed by atoms with Gasteiger partial charge in [-0.15, -0.1) is 0 Å². The molecule has 0 saturated carbocycles. The van der Waals surface area contributed by atoms with Crippen LogP contribution in [-0.4, -0.2) is 40.2 Å². The van der Waals surface area contributed by atoms with E-state index in [4.69, 9.17) is 9.15 Å². The van der Waals surface area contributed by atoms with E-state index in [2.05, 4.69) is 18.4 Å². The molecule has 126 valence electrons. The molecule has 3 heterocycles. The minimum atomic E-state index is -0.223. The average molecular weight is 318 g/mol. The summed E-state index contributed by atoms with van der Waals surface area (Å²) < 4.78 is 13.4. The molecule has 0 aliphatic carbocycles. The first kappa shape index (κ1) is 16.1. The van der Waals surface area contributed by atoms with Gasteiger partial charge < -0.3 is 18.6 Å². The number of carbonyl (C=O) groups excluding carboxylic acids is 1. The van der Waals surface area contributed by atoms with Crippen LogP contribution in [0.25, 0.3) is 11.1 Å². The van der Waals surface area contributed by atoms with E-state index in [0.717, 1.165) is 35.5 Å². The fourth-order valence-corrected chi connectivity index (χ4v) is 3.34. The highest BCUT2D eigenvalue weighted by molar-refractivity contribution is 5.99. The molecule has 3 rings (SSSR count). The molecule has 1 amide bonds. The number of hydrogen-bond acceptors (Lipinski definition) is 3. The van der Waals surface area contributed by atoms with Crippen LogP contribution >= 0.6 is 0 Å². The summed E-state index contributed by atoms with van der Waals surface area (Å²) in [6.07, 6.45) is 1.08. The molecule has 2 aromatic rings. The summed E-state index contributed by atoms with van der Waals surface area (Å²) in [7, 11) is 0. The van der Waals surface area contributed by atoms with Gasteiger partial charge in [-0.1, -0.05) is 0 Å². The van der Waals surface area contributed by atoms with Crippen LogP contribution in [0, 0.1) is 6.92 Å². The molecule has 0 saturated heterocycles. The molecule has 0 fully saturated rings. The lowest BCUT2D eigenvalue weighted by Crippen LogP contribution is -2.55. The molecular weight excluding hydrogens is 292 g/mol. The number of furan rings is 1. The average Bonchev–Trinajstić information content (AvgIpc) is 2.94. The number of carbonyl (C=O) groups is 1. The topological polar surface area (TPSA) is 47.6 Å². The molecule has 0 spiro atoms. The molecule has 0 bridgehead atoms. The maximum atomic E-state index is 12.9. The lowest BCUT2D eigenvalue weighted by atomic mass is 9.98. The van der Waals surface area contributed by atoms with E-state index in [1.54, 1.807) is 0 Å². The Morgan fingerprint density at radius 2 is 2.09 bits per heavy atom. The fraction of sp³-hybridized carbons (Fsp3) is 0.611. The summed E-state index contributed by atoms with van der Waals surface area (Å²) in [6.45, 7) is 12.4. The molecule has 1 aliphatic rings. The van der Waals surface area contributed by atoms with Gasteiger partial charge in [0.05, 0.1) is 17.2 Å². The predicted octanol–water partition coefficient (Wildman–Crippen LogP) is 3.59. The first-order chi connectivity index (χ1) is 10.8. The third-order valence-electron chi connectivity index (χ3n) is 4.43. The summed E-state index contributed by atoms with van der Waals surface area (Å²) in [6, 6.07) is 3.88. The molecular formula is C18H26N2O3. The van der Waals surface area contributed by atoms with Crippen molar-refractivity contribution >= 4 is 17.0 Å². The van der Waals surface area contributed by atoms with Crippen molar-refractivity contribution in [3.05, 3.63) is 23.6 Å². The van der Waals surface area contributed by atoms with Gasteiger partial charge in [0.2, 0.25) is 0 Å². The molecule has 2 aromatic heterocycles. The summed E-state index contributed by atoms with van der Waals surface area (Å²) in [5.74, 6) is 0.957. The SMILES string of the molecule is Cc1cc2c(cc3n2CC(C)(C)N(CCCOC(C)C)C3=O)o1. The maximum absolute atomic E-state index is 12.9. The van der Waals surface area contributed by atoms with Crippen molar-refractivity contribution in [2.75, 3.05) is 13.2 Å². The van der Waals surface area contributed by atoms with Crippen molar-refractivity contribution in [1.82, 2.24) is 9.47 Å². The fourth-order valence-electron chi connectivity index (χ4n) is 3.34. The summed E-state index contributed by atoms with van der Waals surface area (Å²) >= 11 is 0. The van der Waals surface area contributed by atoms with Gasteiger partial charge in [-0.2, -0.15) is 0 Å². The van der Waals surface area contributed by atoms with Gasteiger partial charge in [0, 0.05) is 31.8 Å².